The first kappa shape index (κ1) is 11.9. The monoisotopic (exact) mass is 269 g/mol. The summed E-state index contributed by atoms with van der Waals surface area (Å²) in [5.41, 5.74) is 1.75. The number of benzene rings is 1. The number of anilines is 1. The predicted molar refractivity (Wildman–Crippen MR) is 62.8 cm³/mol. The van der Waals surface area contributed by atoms with Crippen LogP contribution in [0.1, 0.15) is 18.9 Å². The minimum atomic E-state index is -0.278. The molecule has 80 valence electrons. The molecule has 0 aliphatic heterocycles. The van der Waals surface area contributed by atoms with Crippen LogP contribution in [-0.4, -0.2) is 11.7 Å². The Kier molecular flexibility index (Phi) is 4.03. The van der Waals surface area contributed by atoms with E-state index in [1.54, 1.807) is 6.07 Å². The molecule has 0 atom stereocenters. The van der Waals surface area contributed by atoms with Gasteiger partial charge in [-0.25, -0.2) is 0 Å². The maximum absolute atomic E-state index is 11.3. The van der Waals surface area contributed by atoms with E-state index < -0.39 is 0 Å². The predicted octanol–water partition coefficient (Wildman–Crippen LogP) is 2.68. The van der Waals surface area contributed by atoms with E-state index in [-0.39, 0.29) is 18.1 Å². The van der Waals surface area contributed by atoms with Crippen molar-refractivity contribution < 1.29 is 9.59 Å². The summed E-state index contributed by atoms with van der Waals surface area (Å²) < 4.78 is 0.903. The quantitative estimate of drug-likeness (QED) is 0.858. The van der Waals surface area contributed by atoms with Gasteiger partial charge in [0.25, 0.3) is 0 Å². The maximum atomic E-state index is 11.3. The third-order valence-electron chi connectivity index (χ3n) is 1.74. The van der Waals surface area contributed by atoms with E-state index in [4.69, 9.17) is 0 Å². The van der Waals surface area contributed by atoms with Gasteiger partial charge in [0, 0.05) is 10.2 Å². The summed E-state index contributed by atoms with van der Waals surface area (Å²) in [6.07, 6.45) is -0.0778. The summed E-state index contributed by atoms with van der Waals surface area (Å²) in [5.74, 6) is -0.417. The van der Waals surface area contributed by atoms with Crippen molar-refractivity contribution in [3.63, 3.8) is 0 Å². The largest absolute Gasteiger partial charge is 0.326 e. The van der Waals surface area contributed by atoms with Crippen molar-refractivity contribution in [3.05, 3.63) is 28.2 Å². The van der Waals surface area contributed by atoms with Gasteiger partial charge in [0.15, 0.2) is 0 Å². The molecule has 0 spiro atoms. The minimum Gasteiger partial charge on any atom is -0.326 e. The van der Waals surface area contributed by atoms with Crippen molar-refractivity contribution >= 4 is 33.3 Å². The Morgan fingerprint density at radius 2 is 2.00 bits per heavy atom. The molecule has 0 saturated heterocycles. The molecule has 3 nitrogen and oxygen atoms in total. The lowest BCUT2D eigenvalue weighted by atomic mass is 10.2. The molecule has 0 aliphatic rings. The van der Waals surface area contributed by atoms with E-state index in [1.807, 2.05) is 19.1 Å². The van der Waals surface area contributed by atoms with Crippen molar-refractivity contribution in [2.24, 2.45) is 0 Å². The smallest absolute Gasteiger partial charge is 0.231 e. The lowest BCUT2D eigenvalue weighted by Gasteiger charge is -2.05. The number of hydrogen-bond donors (Lipinski definition) is 1. The number of aryl methyl sites for hydroxylation is 1. The SMILES string of the molecule is CC(=O)CC(=O)Nc1cc(C)cc(Br)c1. The number of carbonyl (C=O) groups is 2. The first-order chi connectivity index (χ1) is 6.97. The van der Waals surface area contributed by atoms with Gasteiger partial charge in [-0.15, -0.1) is 0 Å². The highest BCUT2D eigenvalue weighted by Gasteiger charge is 2.05. The highest BCUT2D eigenvalue weighted by atomic mass is 79.9. The van der Waals surface area contributed by atoms with E-state index in [0.29, 0.717) is 5.69 Å². The zero-order chi connectivity index (χ0) is 11.4. The van der Waals surface area contributed by atoms with Crippen molar-refractivity contribution in [1.82, 2.24) is 0 Å². The van der Waals surface area contributed by atoms with E-state index >= 15 is 0 Å². The number of Topliss-reactive ketones (excluding diaryl/α,β-unsaturated/α-hetero) is 1. The van der Waals surface area contributed by atoms with Gasteiger partial charge < -0.3 is 5.32 Å². The summed E-state index contributed by atoms with van der Waals surface area (Å²) in [6.45, 7) is 3.33. The molecule has 1 aromatic rings. The van der Waals surface area contributed by atoms with E-state index in [0.717, 1.165) is 10.0 Å². The summed E-state index contributed by atoms with van der Waals surface area (Å²) in [6, 6.07) is 5.59. The molecule has 4 heteroatoms. The van der Waals surface area contributed by atoms with Gasteiger partial charge in [-0.2, -0.15) is 0 Å². The third-order valence-corrected chi connectivity index (χ3v) is 2.19. The molecule has 0 radical (unpaired) electrons. The van der Waals surface area contributed by atoms with Gasteiger partial charge in [-0.3, -0.25) is 9.59 Å². The lowest BCUT2D eigenvalue weighted by Crippen LogP contribution is -2.14. The Balaban J connectivity index is 2.72. The van der Waals surface area contributed by atoms with Gasteiger partial charge in [-0.1, -0.05) is 15.9 Å². The first-order valence-electron chi connectivity index (χ1n) is 4.54. The van der Waals surface area contributed by atoms with Crippen LogP contribution < -0.4 is 5.32 Å². The van der Waals surface area contributed by atoms with Crippen LogP contribution in [0.25, 0.3) is 0 Å². The van der Waals surface area contributed by atoms with Crippen LogP contribution in [-0.2, 0) is 9.59 Å². The van der Waals surface area contributed by atoms with E-state index in [2.05, 4.69) is 21.2 Å². The molecule has 0 fully saturated rings. The molecular formula is C11H12BrNO2. The zero-order valence-electron chi connectivity index (χ0n) is 8.63. The van der Waals surface area contributed by atoms with Gasteiger partial charge >= 0.3 is 0 Å². The van der Waals surface area contributed by atoms with Crippen molar-refractivity contribution in [3.8, 4) is 0 Å². The topological polar surface area (TPSA) is 46.2 Å². The standard InChI is InChI=1S/C11H12BrNO2/c1-7-3-9(12)6-10(4-7)13-11(15)5-8(2)14/h3-4,6H,5H2,1-2H3,(H,13,15). The summed E-state index contributed by atoms with van der Waals surface area (Å²) >= 11 is 3.34. The molecule has 1 aromatic carbocycles. The van der Waals surface area contributed by atoms with Crippen LogP contribution in [0.5, 0.6) is 0 Å². The number of nitrogens with one attached hydrogen (secondary N) is 1. The van der Waals surface area contributed by atoms with Crippen molar-refractivity contribution in [1.29, 1.82) is 0 Å². The van der Waals surface area contributed by atoms with Crippen molar-refractivity contribution in [2.75, 3.05) is 5.32 Å². The van der Waals surface area contributed by atoms with E-state index in [9.17, 15) is 9.59 Å². The number of carbonyl (C=O) groups excluding carboxylic acids is 2. The van der Waals surface area contributed by atoms with Crippen LogP contribution in [0, 0.1) is 6.92 Å². The average molecular weight is 270 g/mol. The highest BCUT2D eigenvalue weighted by Crippen LogP contribution is 2.19. The molecule has 0 heterocycles. The van der Waals surface area contributed by atoms with E-state index in [1.165, 1.54) is 6.92 Å². The Hall–Kier alpha value is -1.16. The molecular weight excluding hydrogens is 258 g/mol. The highest BCUT2D eigenvalue weighted by molar-refractivity contribution is 9.10. The molecule has 1 amide bonds. The third kappa shape index (κ3) is 4.25. The molecule has 0 aliphatic carbocycles. The van der Waals surface area contributed by atoms with Crippen molar-refractivity contribution in [2.45, 2.75) is 20.3 Å². The number of halogens is 1. The molecule has 0 unspecified atom stereocenters. The zero-order valence-corrected chi connectivity index (χ0v) is 10.2. The summed E-state index contributed by atoms with van der Waals surface area (Å²) in [4.78, 5) is 22.0. The van der Waals surface area contributed by atoms with Crippen LogP contribution in [0.15, 0.2) is 22.7 Å². The van der Waals surface area contributed by atoms with Crippen LogP contribution in [0.3, 0.4) is 0 Å². The summed E-state index contributed by atoms with van der Waals surface area (Å²) in [5, 5.41) is 2.67. The second kappa shape index (κ2) is 5.07. The molecule has 0 aromatic heterocycles. The second-order valence-electron chi connectivity index (χ2n) is 3.44. The fraction of sp³-hybridized carbons (Fsp3) is 0.273. The molecule has 15 heavy (non-hydrogen) atoms. The molecule has 0 saturated carbocycles. The van der Waals surface area contributed by atoms with Gasteiger partial charge in [0.2, 0.25) is 5.91 Å². The Morgan fingerprint density at radius 3 is 2.53 bits per heavy atom. The lowest BCUT2D eigenvalue weighted by molar-refractivity contribution is -0.124. The van der Waals surface area contributed by atoms with Gasteiger partial charge in [-0.05, 0) is 37.6 Å². The van der Waals surface area contributed by atoms with Crippen LogP contribution in [0.2, 0.25) is 0 Å². The normalized spacial score (nSPS) is 9.80. The first-order valence-corrected chi connectivity index (χ1v) is 5.33. The average Bonchev–Trinajstić information content (AvgIpc) is 1.98. The number of hydrogen-bond acceptors (Lipinski definition) is 2. The molecule has 1 rings (SSSR count). The molecule has 1 N–H and O–H groups in total. The number of amides is 1. The maximum Gasteiger partial charge on any atom is 0.231 e. The Bertz CT molecular complexity index is 381. The molecule has 0 bridgehead atoms. The fourth-order valence-corrected chi connectivity index (χ4v) is 1.85. The van der Waals surface area contributed by atoms with Crippen LogP contribution >= 0.6 is 15.9 Å². The minimum absolute atomic E-state index is 0.0778. The van der Waals surface area contributed by atoms with Gasteiger partial charge in [0.1, 0.15) is 5.78 Å². The van der Waals surface area contributed by atoms with Crippen LogP contribution in [0.4, 0.5) is 5.69 Å². The number of ketones is 1. The number of rotatable bonds is 3. The summed E-state index contributed by atoms with van der Waals surface area (Å²) in [7, 11) is 0. The fourth-order valence-electron chi connectivity index (χ4n) is 1.24. The Morgan fingerprint density at radius 1 is 1.33 bits per heavy atom. The Labute approximate surface area is 97.0 Å². The van der Waals surface area contributed by atoms with Gasteiger partial charge in [0.05, 0.1) is 6.42 Å². The second-order valence-corrected chi connectivity index (χ2v) is 4.36.